The van der Waals surface area contributed by atoms with Gasteiger partial charge in [0.1, 0.15) is 17.5 Å². The van der Waals surface area contributed by atoms with Crippen LogP contribution >= 0.6 is 27.3 Å². The molecule has 2 heterocycles. The van der Waals surface area contributed by atoms with Crippen molar-refractivity contribution < 1.29 is 14.3 Å². The van der Waals surface area contributed by atoms with E-state index in [4.69, 9.17) is 14.5 Å². The zero-order valence-electron chi connectivity index (χ0n) is 21.8. The minimum atomic E-state index is -0.721. The molecule has 1 aliphatic heterocycles. The van der Waals surface area contributed by atoms with Crippen LogP contribution in [-0.4, -0.2) is 42.7 Å². The minimum absolute atomic E-state index is 0.155. The Hall–Kier alpha value is -3.17. The van der Waals surface area contributed by atoms with Crippen molar-refractivity contribution in [1.29, 1.82) is 0 Å². The van der Waals surface area contributed by atoms with E-state index >= 15 is 0 Å². The highest BCUT2D eigenvalue weighted by Crippen LogP contribution is 2.38. The van der Waals surface area contributed by atoms with E-state index in [1.54, 1.807) is 35.8 Å². The highest BCUT2D eigenvalue weighted by molar-refractivity contribution is 9.10. The molecule has 0 fully saturated rings. The molecule has 0 spiro atoms. The van der Waals surface area contributed by atoms with E-state index in [0.29, 0.717) is 50.8 Å². The number of aryl methyl sites for hydroxylation is 1. The molecule has 7 nitrogen and oxygen atoms in total. The zero-order valence-corrected chi connectivity index (χ0v) is 24.2. The quantitative estimate of drug-likeness (QED) is 0.418. The second-order valence-electron chi connectivity index (χ2n) is 8.68. The number of rotatable bonds is 7. The lowest BCUT2D eigenvalue weighted by molar-refractivity contribution is -0.127. The zero-order chi connectivity index (χ0) is 26.9. The third-order valence-corrected chi connectivity index (χ3v) is 8.37. The lowest BCUT2D eigenvalue weighted by Crippen LogP contribution is -2.43. The molecule has 1 amide bonds. The molecule has 0 bridgehead atoms. The first kappa shape index (κ1) is 26.9. The number of halogens is 1. The second-order valence-corrected chi connectivity index (χ2v) is 10.5. The largest absolute Gasteiger partial charge is 0.497 e. The molecular weight excluding hydrogens is 554 g/mol. The van der Waals surface area contributed by atoms with Gasteiger partial charge in [0.15, 0.2) is 4.80 Å². The molecule has 1 aromatic heterocycles. The van der Waals surface area contributed by atoms with Crippen LogP contribution in [0.4, 0.5) is 0 Å². The maximum Gasteiger partial charge on any atom is 0.271 e. The summed E-state index contributed by atoms with van der Waals surface area (Å²) in [5, 5.41) is 0. The highest BCUT2D eigenvalue weighted by atomic mass is 79.9. The summed E-state index contributed by atoms with van der Waals surface area (Å²) in [5.74, 6) is 1.01. The maximum absolute atomic E-state index is 13.9. The summed E-state index contributed by atoms with van der Waals surface area (Å²) in [6.45, 7) is 8.80. The second kappa shape index (κ2) is 11.1. The van der Waals surface area contributed by atoms with E-state index in [1.165, 1.54) is 11.3 Å². The number of methoxy groups -OCH3 is 2. The predicted octanol–water partition coefficient (Wildman–Crippen LogP) is 4.19. The van der Waals surface area contributed by atoms with Crippen LogP contribution in [0.1, 0.15) is 43.5 Å². The number of allylic oxidation sites excluding steroid dienone is 1. The van der Waals surface area contributed by atoms with E-state index in [-0.39, 0.29) is 11.5 Å². The van der Waals surface area contributed by atoms with Crippen LogP contribution in [0.5, 0.6) is 11.5 Å². The number of amides is 1. The molecule has 1 aliphatic rings. The number of hydrogen-bond donors (Lipinski definition) is 0. The molecule has 2 aromatic carbocycles. The number of nitrogens with zero attached hydrogens (tertiary/aromatic N) is 3. The first-order chi connectivity index (χ1) is 17.7. The summed E-state index contributed by atoms with van der Waals surface area (Å²) >= 11 is 4.88. The number of carbonyl (C=O) groups is 1. The number of ether oxygens (including phenoxy) is 2. The normalized spacial score (nSPS) is 15.3. The Balaban J connectivity index is 2.02. The highest BCUT2D eigenvalue weighted by Gasteiger charge is 2.36. The van der Waals surface area contributed by atoms with Gasteiger partial charge in [0.2, 0.25) is 0 Å². The summed E-state index contributed by atoms with van der Waals surface area (Å²) in [5.41, 5.74) is 3.49. The Labute approximate surface area is 228 Å². The molecule has 4 rings (SSSR count). The number of fused-ring (bicyclic) bond motifs is 1. The van der Waals surface area contributed by atoms with Crippen LogP contribution in [0.25, 0.3) is 6.08 Å². The Morgan fingerprint density at radius 1 is 1.14 bits per heavy atom. The number of hydrogen-bond acceptors (Lipinski definition) is 6. The van der Waals surface area contributed by atoms with Gasteiger partial charge in [-0.1, -0.05) is 39.4 Å². The van der Waals surface area contributed by atoms with E-state index in [2.05, 4.69) is 15.9 Å². The van der Waals surface area contributed by atoms with Crippen LogP contribution < -0.4 is 24.4 Å². The van der Waals surface area contributed by atoms with Crippen LogP contribution in [0.2, 0.25) is 0 Å². The van der Waals surface area contributed by atoms with Gasteiger partial charge in [0, 0.05) is 23.1 Å². The van der Waals surface area contributed by atoms with Gasteiger partial charge in [0.25, 0.3) is 11.5 Å². The first-order valence-electron chi connectivity index (χ1n) is 12.0. The van der Waals surface area contributed by atoms with Crippen molar-refractivity contribution in [1.82, 2.24) is 9.47 Å². The number of carbonyl (C=O) groups excluding carboxylic acids is 1. The van der Waals surface area contributed by atoms with Crippen molar-refractivity contribution in [3.63, 3.8) is 0 Å². The fraction of sp³-hybridized carbons (Fsp3) is 0.321. The topological polar surface area (TPSA) is 73.1 Å². The molecule has 1 atom stereocenters. The average molecular weight is 585 g/mol. The molecule has 9 heteroatoms. The number of aromatic nitrogens is 1. The number of thiazole rings is 1. The van der Waals surface area contributed by atoms with Crippen LogP contribution in [0, 0.1) is 6.92 Å². The molecular formula is C28H30BrN3O4S. The van der Waals surface area contributed by atoms with Crippen LogP contribution in [-0.2, 0) is 4.79 Å². The van der Waals surface area contributed by atoms with Gasteiger partial charge < -0.3 is 14.4 Å². The Morgan fingerprint density at radius 3 is 2.49 bits per heavy atom. The molecule has 194 valence electrons. The molecule has 0 N–H and O–H groups in total. The molecule has 0 unspecified atom stereocenters. The third kappa shape index (κ3) is 5.02. The first-order valence-corrected chi connectivity index (χ1v) is 13.6. The standard InChI is InChI=1S/C28H30BrN3O4S/c1-7-31(8-2)27(34)24-17(4)30-28-32(25(24)20-15-19(35-5)11-12-22(20)36-6)26(33)23(37-28)14-18-10-9-16(3)21(29)13-18/h9-15,25H,7-8H2,1-6H3/b23-14+/t25-/m1/s1. The fourth-order valence-corrected chi connectivity index (χ4v) is 5.92. The van der Waals surface area contributed by atoms with Gasteiger partial charge in [-0.25, -0.2) is 4.99 Å². The monoisotopic (exact) mass is 583 g/mol. The summed E-state index contributed by atoms with van der Waals surface area (Å²) in [6.07, 6.45) is 1.86. The summed E-state index contributed by atoms with van der Waals surface area (Å²) in [7, 11) is 3.16. The number of benzene rings is 2. The third-order valence-electron chi connectivity index (χ3n) is 6.53. The maximum atomic E-state index is 13.9. The molecule has 0 aliphatic carbocycles. The fourth-order valence-electron chi connectivity index (χ4n) is 4.47. The van der Waals surface area contributed by atoms with Crippen molar-refractivity contribution in [2.24, 2.45) is 4.99 Å². The van der Waals surface area contributed by atoms with E-state index < -0.39 is 6.04 Å². The van der Waals surface area contributed by atoms with E-state index in [0.717, 1.165) is 15.6 Å². The Bertz CT molecular complexity index is 1570. The van der Waals surface area contributed by atoms with Gasteiger partial charge in [-0.15, -0.1) is 0 Å². The van der Waals surface area contributed by atoms with E-state index in [9.17, 15) is 9.59 Å². The predicted molar refractivity (Wildman–Crippen MR) is 150 cm³/mol. The van der Waals surface area contributed by atoms with Gasteiger partial charge in [-0.2, -0.15) is 0 Å². The van der Waals surface area contributed by atoms with Crippen molar-refractivity contribution in [2.75, 3.05) is 27.3 Å². The van der Waals surface area contributed by atoms with E-state index in [1.807, 2.05) is 58.0 Å². The molecule has 37 heavy (non-hydrogen) atoms. The number of likely N-dealkylation sites (N-methyl/N-ethyl adjacent to an activating group) is 1. The summed E-state index contributed by atoms with van der Waals surface area (Å²) in [6, 6.07) is 10.7. The Morgan fingerprint density at radius 2 is 1.86 bits per heavy atom. The Kier molecular flexibility index (Phi) is 8.04. The lowest BCUT2D eigenvalue weighted by atomic mass is 9.93. The van der Waals surface area contributed by atoms with Gasteiger partial charge in [-0.05, 0) is 69.2 Å². The summed E-state index contributed by atoms with van der Waals surface area (Å²) < 4.78 is 14.3. The molecule has 0 radical (unpaired) electrons. The summed E-state index contributed by atoms with van der Waals surface area (Å²) in [4.78, 5) is 34.8. The minimum Gasteiger partial charge on any atom is -0.497 e. The van der Waals surface area contributed by atoms with Crippen molar-refractivity contribution in [3.05, 3.63) is 88.5 Å². The molecule has 3 aromatic rings. The smallest absolute Gasteiger partial charge is 0.271 e. The van der Waals surface area contributed by atoms with Crippen molar-refractivity contribution in [2.45, 2.75) is 33.7 Å². The SMILES string of the molecule is CCN(CC)C(=O)C1=C(C)N=c2s/c(=C/c3ccc(C)c(Br)c3)c(=O)n2[C@@H]1c1cc(OC)ccc1OC. The van der Waals surface area contributed by atoms with Gasteiger partial charge in [0.05, 0.1) is 30.0 Å². The van der Waals surface area contributed by atoms with Crippen LogP contribution in [0.15, 0.2) is 61.9 Å². The van der Waals surface area contributed by atoms with Crippen molar-refractivity contribution in [3.8, 4) is 11.5 Å². The van der Waals surface area contributed by atoms with Crippen LogP contribution in [0.3, 0.4) is 0 Å². The average Bonchev–Trinajstić information content (AvgIpc) is 3.19. The van der Waals surface area contributed by atoms with Crippen molar-refractivity contribution >= 4 is 39.2 Å². The molecule has 0 saturated carbocycles. The lowest BCUT2D eigenvalue weighted by Gasteiger charge is -2.30. The molecule has 0 saturated heterocycles. The van der Waals surface area contributed by atoms with Gasteiger partial charge >= 0.3 is 0 Å². The van der Waals surface area contributed by atoms with Gasteiger partial charge in [-0.3, -0.25) is 14.2 Å².